The molecule has 0 amide bonds. The zero-order valence-electron chi connectivity index (χ0n) is 22.9. The van der Waals surface area contributed by atoms with Crippen molar-refractivity contribution >= 4 is 28.1 Å². The van der Waals surface area contributed by atoms with Gasteiger partial charge >= 0.3 is 0 Å². The summed E-state index contributed by atoms with van der Waals surface area (Å²) in [6.45, 7) is 1.22. The van der Waals surface area contributed by atoms with Gasteiger partial charge in [0.05, 0.1) is 49.1 Å². The van der Waals surface area contributed by atoms with Crippen molar-refractivity contribution in [3.8, 4) is 17.6 Å². The Bertz CT molecular complexity index is 1620. The first kappa shape index (κ1) is 26.6. The molecular formula is C32H30FN5O2. The van der Waals surface area contributed by atoms with Crippen molar-refractivity contribution in [2.45, 2.75) is 13.1 Å². The molecule has 1 aromatic heterocycles. The third kappa shape index (κ3) is 5.40. The van der Waals surface area contributed by atoms with Gasteiger partial charge in [0.25, 0.3) is 0 Å². The summed E-state index contributed by atoms with van der Waals surface area (Å²) in [6.07, 6.45) is 1.79. The van der Waals surface area contributed by atoms with Gasteiger partial charge in [-0.05, 0) is 65.7 Å². The Kier molecular flexibility index (Phi) is 7.56. The molecule has 0 spiro atoms. The number of rotatable bonds is 9. The van der Waals surface area contributed by atoms with Crippen LogP contribution in [0.25, 0.3) is 11.0 Å². The van der Waals surface area contributed by atoms with Crippen LogP contribution in [0.15, 0.2) is 85.2 Å². The number of hydrogen-bond donors (Lipinski definition) is 0. The van der Waals surface area contributed by atoms with Gasteiger partial charge in [-0.25, -0.2) is 9.37 Å². The van der Waals surface area contributed by atoms with Crippen LogP contribution in [0.4, 0.5) is 21.5 Å². The number of ether oxygens (including phenoxy) is 2. The number of aryl methyl sites for hydroxylation is 1. The highest BCUT2D eigenvalue weighted by Crippen LogP contribution is 2.36. The third-order valence-corrected chi connectivity index (χ3v) is 7.03. The van der Waals surface area contributed by atoms with Crippen LogP contribution in [-0.2, 0) is 20.1 Å². The van der Waals surface area contributed by atoms with E-state index in [1.165, 1.54) is 6.07 Å². The van der Waals surface area contributed by atoms with Crippen LogP contribution in [0.2, 0.25) is 0 Å². The molecule has 202 valence electrons. The maximum atomic E-state index is 15.0. The maximum absolute atomic E-state index is 15.0. The molecule has 0 aliphatic carbocycles. The van der Waals surface area contributed by atoms with Gasteiger partial charge in [0.15, 0.2) is 0 Å². The summed E-state index contributed by atoms with van der Waals surface area (Å²) < 4.78 is 27.7. The van der Waals surface area contributed by atoms with E-state index < -0.39 is 5.82 Å². The first-order valence-corrected chi connectivity index (χ1v) is 12.8. The number of halogens is 1. The molecule has 0 saturated heterocycles. The summed E-state index contributed by atoms with van der Waals surface area (Å²) in [5, 5.41) is 9.17. The van der Waals surface area contributed by atoms with Gasteiger partial charge < -0.3 is 23.8 Å². The molecule has 0 radical (unpaired) electrons. The quantitative estimate of drug-likeness (QED) is 0.213. The second kappa shape index (κ2) is 11.4. The van der Waals surface area contributed by atoms with Crippen molar-refractivity contribution in [1.82, 2.24) is 9.55 Å². The van der Waals surface area contributed by atoms with E-state index in [0.717, 1.165) is 45.0 Å². The lowest BCUT2D eigenvalue weighted by Crippen LogP contribution is -2.23. The third-order valence-electron chi connectivity index (χ3n) is 7.03. The van der Waals surface area contributed by atoms with Gasteiger partial charge in [0.2, 0.25) is 0 Å². The minimum atomic E-state index is -0.457. The van der Waals surface area contributed by atoms with Crippen LogP contribution in [0.3, 0.4) is 0 Å². The summed E-state index contributed by atoms with van der Waals surface area (Å²) in [4.78, 5) is 8.81. The van der Waals surface area contributed by atoms with Gasteiger partial charge in [-0.1, -0.05) is 24.3 Å². The van der Waals surface area contributed by atoms with Gasteiger partial charge in [0.1, 0.15) is 22.8 Å². The van der Waals surface area contributed by atoms with Crippen molar-refractivity contribution < 1.29 is 13.9 Å². The highest BCUT2D eigenvalue weighted by molar-refractivity contribution is 5.93. The van der Waals surface area contributed by atoms with E-state index in [9.17, 15) is 5.26 Å². The number of benzene rings is 4. The van der Waals surface area contributed by atoms with E-state index in [2.05, 4.69) is 29.2 Å². The Morgan fingerprint density at radius 2 is 1.45 bits per heavy atom. The molecule has 0 aliphatic heterocycles. The predicted octanol–water partition coefficient (Wildman–Crippen LogP) is 6.58. The maximum Gasteiger partial charge on any atom is 0.148 e. The zero-order valence-corrected chi connectivity index (χ0v) is 22.9. The largest absolute Gasteiger partial charge is 0.497 e. The SMILES string of the molecule is COc1ccc(CN(Cc2ccc(OC)cc2)c2cc(N(C)c3ccc(C#N)cc3F)cc3c2ncn3C)cc1. The summed E-state index contributed by atoms with van der Waals surface area (Å²) >= 11 is 0. The molecule has 0 atom stereocenters. The standard InChI is InChI=1S/C32H30FN5O2/c1-36-21-35-32-30(36)16-25(37(2)29-14-9-24(18-34)15-28(29)33)17-31(32)38(19-22-5-10-26(39-3)11-6-22)20-23-7-12-27(40-4)13-8-23/h5-17,21H,19-20H2,1-4H3. The highest BCUT2D eigenvalue weighted by atomic mass is 19.1. The number of fused-ring (bicyclic) bond motifs is 1. The molecule has 0 saturated carbocycles. The average Bonchev–Trinajstić information content (AvgIpc) is 3.37. The van der Waals surface area contributed by atoms with Crippen LogP contribution in [0.1, 0.15) is 16.7 Å². The van der Waals surface area contributed by atoms with E-state index in [4.69, 9.17) is 14.5 Å². The molecule has 5 aromatic rings. The van der Waals surface area contributed by atoms with Crippen molar-refractivity contribution in [1.29, 1.82) is 5.26 Å². The van der Waals surface area contributed by atoms with Crippen LogP contribution < -0.4 is 19.3 Å². The Morgan fingerprint density at radius 3 is 1.98 bits per heavy atom. The van der Waals surface area contributed by atoms with E-state index in [1.54, 1.807) is 37.6 Å². The predicted molar refractivity (Wildman–Crippen MR) is 156 cm³/mol. The number of hydrogen-bond acceptors (Lipinski definition) is 6. The van der Waals surface area contributed by atoms with Crippen molar-refractivity contribution in [2.24, 2.45) is 7.05 Å². The normalized spacial score (nSPS) is 10.8. The van der Waals surface area contributed by atoms with E-state index in [0.29, 0.717) is 18.8 Å². The number of imidazole rings is 1. The fourth-order valence-corrected chi connectivity index (χ4v) is 4.75. The van der Waals surface area contributed by atoms with Gasteiger partial charge in [-0.3, -0.25) is 0 Å². The number of methoxy groups -OCH3 is 2. The fourth-order valence-electron chi connectivity index (χ4n) is 4.75. The molecule has 0 aliphatic rings. The number of anilines is 3. The van der Waals surface area contributed by atoms with Crippen LogP contribution >= 0.6 is 0 Å². The Balaban J connectivity index is 1.61. The molecule has 40 heavy (non-hydrogen) atoms. The number of aromatic nitrogens is 2. The molecule has 5 rings (SSSR count). The van der Waals surface area contributed by atoms with Gasteiger partial charge in [0, 0.05) is 32.9 Å². The summed E-state index contributed by atoms with van der Waals surface area (Å²) in [7, 11) is 7.08. The van der Waals surface area contributed by atoms with Crippen molar-refractivity contribution in [3.63, 3.8) is 0 Å². The molecule has 0 bridgehead atoms. The second-order valence-corrected chi connectivity index (χ2v) is 9.58. The number of nitrogens with zero attached hydrogens (tertiary/aromatic N) is 5. The minimum absolute atomic E-state index is 0.280. The van der Waals surface area contributed by atoms with Crippen molar-refractivity contribution in [2.75, 3.05) is 31.1 Å². The Morgan fingerprint density at radius 1 is 0.850 bits per heavy atom. The summed E-state index contributed by atoms with van der Waals surface area (Å²) in [5.74, 6) is 1.14. The lowest BCUT2D eigenvalue weighted by Gasteiger charge is -2.28. The molecule has 0 fully saturated rings. The molecule has 8 heteroatoms. The molecule has 0 N–H and O–H groups in total. The lowest BCUT2D eigenvalue weighted by molar-refractivity contribution is 0.414. The van der Waals surface area contributed by atoms with E-state index >= 15 is 4.39 Å². The van der Waals surface area contributed by atoms with Crippen LogP contribution in [0.5, 0.6) is 11.5 Å². The fraction of sp³-hybridized carbons (Fsp3) is 0.188. The lowest BCUT2D eigenvalue weighted by atomic mass is 10.1. The first-order chi connectivity index (χ1) is 19.4. The molecule has 4 aromatic carbocycles. The van der Waals surface area contributed by atoms with Crippen LogP contribution in [0, 0.1) is 17.1 Å². The first-order valence-electron chi connectivity index (χ1n) is 12.8. The molecule has 0 unspecified atom stereocenters. The van der Waals surface area contributed by atoms with E-state index in [1.807, 2.05) is 61.1 Å². The molecule has 1 heterocycles. The van der Waals surface area contributed by atoms with Crippen molar-refractivity contribution in [3.05, 3.63) is 108 Å². The van der Waals surface area contributed by atoms with Crippen LogP contribution in [-0.4, -0.2) is 30.8 Å². The number of nitriles is 1. The Labute approximate surface area is 233 Å². The highest BCUT2D eigenvalue weighted by Gasteiger charge is 2.19. The monoisotopic (exact) mass is 535 g/mol. The molecular weight excluding hydrogens is 505 g/mol. The van der Waals surface area contributed by atoms with Gasteiger partial charge in [-0.15, -0.1) is 0 Å². The van der Waals surface area contributed by atoms with Gasteiger partial charge in [-0.2, -0.15) is 5.26 Å². The second-order valence-electron chi connectivity index (χ2n) is 9.58. The van der Waals surface area contributed by atoms with E-state index in [-0.39, 0.29) is 5.56 Å². The molecule has 7 nitrogen and oxygen atoms in total. The zero-order chi connectivity index (χ0) is 28.2. The average molecular weight is 536 g/mol. The topological polar surface area (TPSA) is 66.6 Å². The summed E-state index contributed by atoms with van der Waals surface area (Å²) in [5.41, 5.74) is 6.35. The summed E-state index contributed by atoms with van der Waals surface area (Å²) in [6, 6.07) is 26.6. The minimum Gasteiger partial charge on any atom is -0.497 e. The Hall–Kier alpha value is -5.03. The smallest absolute Gasteiger partial charge is 0.148 e.